The molecule has 2 rings (SSSR count). The van der Waals surface area contributed by atoms with Gasteiger partial charge in [0.15, 0.2) is 0 Å². The Balaban J connectivity index is 2.42. The third-order valence-electron chi connectivity index (χ3n) is 2.62. The Labute approximate surface area is 110 Å². The first kappa shape index (κ1) is 12.4. The van der Waals surface area contributed by atoms with Crippen molar-refractivity contribution in [1.82, 2.24) is 15.1 Å². The van der Waals surface area contributed by atoms with Crippen molar-refractivity contribution in [2.45, 2.75) is 6.04 Å². The zero-order chi connectivity index (χ0) is 12.4. The van der Waals surface area contributed by atoms with E-state index in [1.165, 1.54) is 0 Å². The molecule has 90 valence electrons. The fourth-order valence-electron chi connectivity index (χ4n) is 1.83. The van der Waals surface area contributed by atoms with Gasteiger partial charge in [0.25, 0.3) is 0 Å². The summed E-state index contributed by atoms with van der Waals surface area (Å²) < 4.78 is 1.77. The molecule has 0 spiro atoms. The summed E-state index contributed by atoms with van der Waals surface area (Å²) in [6, 6.07) is 5.54. The number of nitrogens with one attached hydrogen (secondary N) is 1. The lowest BCUT2D eigenvalue weighted by molar-refractivity contribution is 0.689. The van der Waals surface area contributed by atoms with Crippen LogP contribution in [-0.2, 0) is 7.05 Å². The Morgan fingerprint density at radius 2 is 2.12 bits per heavy atom. The fourth-order valence-corrected chi connectivity index (χ4v) is 2.34. The number of benzene rings is 1. The first-order valence-corrected chi connectivity index (χ1v) is 5.98. The van der Waals surface area contributed by atoms with E-state index in [9.17, 15) is 0 Å². The molecule has 3 nitrogen and oxygen atoms in total. The van der Waals surface area contributed by atoms with Crippen LogP contribution in [0.4, 0.5) is 0 Å². The van der Waals surface area contributed by atoms with E-state index in [1.807, 2.05) is 38.6 Å². The van der Waals surface area contributed by atoms with Gasteiger partial charge in [-0.15, -0.1) is 0 Å². The minimum atomic E-state index is 0.0217. The van der Waals surface area contributed by atoms with Crippen LogP contribution in [0, 0.1) is 0 Å². The highest BCUT2D eigenvalue weighted by Gasteiger charge is 2.16. The lowest BCUT2D eigenvalue weighted by atomic mass is 10.0. The Kier molecular flexibility index (Phi) is 3.72. The maximum atomic E-state index is 6.21. The van der Waals surface area contributed by atoms with E-state index in [0.29, 0.717) is 10.0 Å². The second-order valence-corrected chi connectivity index (χ2v) is 4.68. The molecule has 1 aromatic carbocycles. The number of nitrogens with zero attached hydrogens (tertiary/aromatic N) is 2. The number of hydrogen-bond acceptors (Lipinski definition) is 2. The zero-order valence-corrected chi connectivity index (χ0v) is 11.1. The Morgan fingerprint density at radius 1 is 1.35 bits per heavy atom. The second kappa shape index (κ2) is 5.08. The highest BCUT2D eigenvalue weighted by molar-refractivity contribution is 6.35. The van der Waals surface area contributed by atoms with Crippen LogP contribution in [0.5, 0.6) is 0 Å². The van der Waals surface area contributed by atoms with E-state index in [1.54, 1.807) is 10.7 Å². The minimum absolute atomic E-state index is 0.0217. The van der Waals surface area contributed by atoms with Crippen molar-refractivity contribution in [1.29, 1.82) is 0 Å². The Bertz CT molecular complexity index is 522. The second-order valence-electron chi connectivity index (χ2n) is 3.83. The van der Waals surface area contributed by atoms with E-state index >= 15 is 0 Å². The summed E-state index contributed by atoms with van der Waals surface area (Å²) in [4.78, 5) is 0. The van der Waals surface area contributed by atoms with E-state index in [-0.39, 0.29) is 6.04 Å². The van der Waals surface area contributed by atoms with Gasteiger partial charge in [0.1, 0.15) is 0 Å². The van der Waals surface area contributed by atoms with Crippen LogP contribution in [0.1, 0.15) is 17.2 Å². The molecule has 1 aromatic heterocycles. The molecule has 0 aliphatic heterocycles. The molecule has 0 radical (unpaired) electrons. The van der Waals surface area contributed by atoms with Crippen molar-refractivity contribution < 1.29 is 0 Å². The van der Waals surface area contributed by atoms with Crippen LogP contribution in [0.25, 0.3) is 0 Å². The summed E-state index contributed by atoms with van der Waals surface area (Å²) in [5.74, 6) is 0. The van der Waals surface area contributed by atoms with E-state index in [4.69, 9.17) is 23.2 Å². The highest BCUT2D eigenvalue weighted by Crippen LogP contribution is 2.29. The molecular formula is C12H13Cl2N3. The molecule has 5 heteroatoms. The van der Waals surface area contributed by atoms with Gasteiger partial charge >= 0.3 is 0 Å². The van der Waals surface area contributed by atoms with Crippen molar-refractivity contribution in [3.8, 4) is 0 Å². The smallest absolute Gasteiger partial charge is 0.0620 e. The molecule has 1 heterocycles. The number of aryl methyl sites for hydroxylation is 1. The molecule has 1 unspecified atom stereocenters. The lowest BCUT2D eigenvalue weighted by Gasteiger charge is -2.16. The van der Waals surface area contributed by atoms with Gasteiger partial charge in [-0.3, -0.25) is 4.68 Å². The summed E-state index contributed by atoms with van der Waals surface area (Å²) in [6.07, 6.45) is 3.79. The number of aromatic nitrogens is 2. The van der Waals surface area contributed by atoms with Gasteiger partial charge in [-0.2, -0.15) is 5.10 Å². The maximum absolute atomic E-state index is 6.21. The topological polar surface area (TPSA) is 29.9 Å². The standard InChI is InChI=1S/C12H13Cl2N3/c1-15-12(8-6-16-17(2)7-8)10-4-3-9(13)5-11(10)14/h3-7,12,15H,1-2H3. The number of halogens is 2. The molecule has 1 atom stereocenters. The first-order valence-electron chi connectivity index (χ1n) is 5.22. The van der Waals surface area contributed by atoms with Crippen LogP contribution < -0.4 is 5.32 Å². The van der Waals surface area contributed by atoms with Gasteiger partial charge in [0, 0.05) is 28.9 Å². The number of rotatable bonds is 3. The zero-order valence-electron chi connectivity index (χ0n) is 9.61. The number of hydrogen-bond donors (Lipinski definition) is 1. The van der Waals surface area contributed by atoms with Crippen molar-refractivity contribution >= 4 is 23.2 Å². The molecule has 0 aliphatic carbocycles. The summed E-state index contributed by atoms with van der Waals surface area (Å²) in [5.41, 5.74) is 2.06. The van der Waals surface area contributed by atoms with Crippen LogP contribution in [-0.4, -0.2) is 16.8 Å². The molecule has 17 heavy (non-hydrogen) atoms. The first-order chi connectivity index (χ1) is 8.11. The molecule has 0 fully saturated rings. The molecule has 0 bridgehead atoms. The normalized spacial score (nSPS) is 12.7. The maximum Gasteiger partial charge on any atom is 0.0620 e. The third kappa shape index (κ3) is 2.63. The summed E-state index contributed by atoms with van der Waals surface area (Å²) in [7, 11) is 3.78. The Hall–Kier alpha value is -1.03. The predicted molar refractivity (Wildman–Crippen MR) is 70.6 cm³/mol. The molecule has 0 aliphatic rings. The van der Waals surface area contributed by atoms with Gasteiger partial charge in [0.2, 0.25) is 0 Å². The van der Waals surface area contributed by atoms with E-state index < -0.39 is 0 Å². The van der Waals surface area contributed by atoms with Gasteiger partial charge in [-0.25, -0.2) is 0 Å². The summed E-state index contributed by atoms with van der Waals surface area (Å²) in [5, 5.41) is 8.69. The van der Waals surface area contributed by atoms with Gasteiger partial charge in [-0.05, 0) is 24.7 Å². The predicted octanol–water partition coefficient (Wildman–Crippen LogP) is 3.04. The average molecular weight is 270 g/mol. The largest absolute Gasteiger partial charge is 0.309 e. The van der Waals surface area contributed by atoms with Gasteiger partial charge in [0.05, 0.1) is 12.2 Å². The van der Waals surface area contributed by atoms with E-state index in [2.05, 4.69) is 10.4 Å². The monoisotopic (exact) mass is 269 g/mol. The van der Waals surface area contributed by atoms with Crippen molar-refractivity contribution in [3.63, 3.8) is 0 Å². The van der Waals surface area contributed by atoms with Crippen LogP contribution >= 0.6 is 23.2 Å². The van der Waals surface area contributed by atoms with Crippen molar-refractivity contribution in [3.05, 3.63) is 51.8 Å². The molecule has 1 N–H and O–H groups in total. The average Bonchev–Trinajstić information content (AvgIpc) is 2.69. The lowest BCUT2D eigenvalue weighted by Crippen LogP contribution is -2.17. The highest BCUT2D eigenvalue weighted by atomic mass is 35.5. The summed E-state index contributed by atoms with van der Waals surface area (Å²) >= 11 is 12.1. The molecule has 0 amide bonds. The van der Waals surface area contributed by atoms with E-state index in [0.717, 1.165) is 11.1 Å². The van der Waals surface area contributed by atoms with Gasteiger partial charge < -0.3 is 5.32 Å². The van der Waals surface area contributed by atoms with Crippen LogP contribution in [0.3, 0.4) is 0 Å². The third-order valence-corrected chi connectivity index (χ3v) is 3.18. The summed E-state index contributed by atoms with van der Waals surface area (Å²) in [6.45, 7) is 0. The van der Waals surface area contributed by atoms with Gasteiger partial charge in [-0.1, -0.05) is 29.3 Å². The fraction of sp³-hybridized carbons (Fsp3) is 0.250. The molecular weight excluding hydrogens is 257 g/mol. The van der Waals surface area contributed by atoms with Crippen molar-refractivity contribution in [2.75, 3.05) is 7.05 Å². The van der Waals surface area contributed by atoms with Crippen molar-refractivity contribution in [2.24, 2.45) is 7.05 Å². The van der Waals surface area contributed by atoms with Crippen LogP contribution in [0.2, 0.25) is 10.0 Å². The SMILES string of the molecule is CNC(c1cnn(C)c1)c1ccc(Cl)cc1Cl. The quantitative estimate of drug-likeness (QED) is 0.929. The molecule has 2 aromatic rings. The van der Waals surface area contributed by atoms with Crippen LogP contribution in [0.15, 0.2) is 30.6 Å². The minimum Gasteiger partial charge on any atom is -0.309 e. The molecule has 0 saturated heterocycles. The molecule has 0 saturated carbocycles. The Morgan fingerprint density at radius 3 is 2.65 bits per heavy atom.